The summed E-state index contributed by atoms with van der Waals surface area (Å²) in [5, 5.41) is 19.9. The lowest BCUT2D eigenvalue weighted by atomic mass is 10.0. The highest BCUT2D eigenvalue weighted by atomic mass is 35.5. The van der Waals surface area contributed by atoms with Gasteiger partial charge in [-0.25, -0.2) is 4.79 Å². The molecule has 0 heterocycles. The van der Waals surface area contributed by atoms with Crippen molar-refractivity contribution in [3.63, 3.8) is 0 Å². The van der Waals surface area contributed by atoms with Gasteiger partial charge in [-0.1, -0.05) is 54.1 Å². The molecule has 200 valence electrons. The Balaban J connectivity index is 1.52. The number of carbonyl (C=O) groups excluding carboxylic acids is 1. The third-order valence-corrected chi connectivity index (χ3v) is 6.69. The lowest BCUT2D eigenvalue weighted by Crippen LogP contribution is -2.32. The minimum absolute atomic E-state index is 0.0266. The second-order valence-corrected chi connectivity index (χ2v) is 9.90. The number of nitrogens with zero attached hydrogens (tertiary/aromatic N) is 1. The zero-order valence-electron chi connectivity index (χ0n) is 21.9. The molecular weight excluding hydrogens is 514 g/mol. The van der Waals surface area contributed by atoms with Gasteiger partial charge in [0.1, 0.15) is 22.8 Å². The second kappa shape index (κ2) is 12.5. The summed E-state index contributed by atoms with van der Waals surface area (Å²) in [6.45, 7) is 4.51. The number of carboxylic acids is 1. The van der Waals surface area contributed by atoms with Crippen LogP contribution < -0.4 is 4.74 Å². The molecule has 0 saturated carbocycles. The molecule has 4 rings (SSSR count). The number of hydrogen-bond acceptors (Lipinski definition) is 4. The number of aromatic carboxylic acids is 1. The van der Waals surface area contributed by atoms with E-state index in [1.54, 1.807) is 44.2 Å². The van der Waals surface area contributed by atoms with E-state index >= 15 is 0 Å². The van der Waals surface area contributed by atoms with Gasteiger partial charge in [0.2, 0.25) is 0 Å². The molecule has 7 heteroatoms. The van der Waals surface area contributed by atoms with Crippen LogP contribution in [0.3, 0.4) is 0 Å². The number of benzene rings is 4. The van der Waals surface area contributed by atoms with E-state index in [4.69, 9.17) is 16.3 Å². The number of aryl methyl sites for hydroxylation is 3. The van der Waals surface area contributed by atoms with Gasteiger partial charge in [0, 0.05) is 23.7 Å². The molecule has 0 atom stereocenters. The number of rotatable bonds is 10. The third-order valence-electron chi connectivity index (χ3n) is 6.46. The van der Waals surface area contributed by atoms with Gasteiger partial charge in [0.05, 0.1) is 0 Å². The molecule has 39 heavy (non-hydrogen) atoms. The van der Waals surface area contributed by atoms with Crippen LogP contribution in [0.5, 0.6) is 17.2 Å². The summed E-state index contributed by atoms with van der Waals surface area (Å²) >= 11 is 5.94. The second-order valence-electron chi connectivity index (χ2n) is 9.47. The number of phenolic OH excluding ortho intramolecular Hbond substituents is 1. The molecule has 0 spiro atoms. The first-order valence-corrected chi connectivity index (χ1v) is 13.0. The minimum Gasteiger partial charge on any atom is -0.507 e. The van der Waals surface area contributed by atoms with E-state index in [-0.39, 0.29) is 23.0 Å². The largest absolute Gasteiger partial charge is 0.507 e. The number of ether oxygens (including phenoxy) is 1. The van der Waals surface area contributed by atoms with Crippen LogP contribution in [0.15, 0.2) is 84.9 Å². The van der Waals surface area contributed by atoms with E-state index in [0.717, 1.165) is 18.4 Å². The summed E-state index contributed by atoms with van der Waals surface area (Å²) < 4.78 is 5.81. The van der Waals surface area contributed by atoms with Crippen molar-refractivity contribution in [2.24, 2.45) is 0 Å². The van der Waals surface area contributed by atoms with Crippen LogP contribution in [0, 0.1) is 13.8 Å². The van der Waals surface area contributed by atoms with Crippen molar-refractivity contribution in [2.75, 3.05) is 6.54 Å². The Morgan fingerprint density at radius 3 is 2.18 bits per heavy atom. The summed E-state index contributed by atoms with van der Waals surface area (Å²) in [5.41, 5.74) is 3.94. The highest BCUT2D eigenvalue weighted by Gasteiger charge is 2.19. The molecule has 0 unspecified atom stereocenters. The fourth-order valence-electron chi connectivity index (χ4n) is 4.40. The molecule has 0 aliphatic heterocycles. The maximum Gasteiger partial charge on any atom is 0.339 e. The quantitative estimate of drug-likeness (QED) is 0.217. The van der Waals surface area contributed by atoms with Crippen LogP contribution in [0.4, 0.5) is 0 Å². The molecule has 4 aromatic rings. The molecule has 0 aliphatic rings. The van der Waals surface area contributed by atoms with Crippen LogP contribution in [-0.2, 0) is 13.0 Å². The van der Waals surface area contributed by atoms with Crippen molar-refractivity contribution in [2.45, 2.75) is 33.2 Å². The van der Waals surface area contributed by atoms with Gasteiger partial charge < -0.3 is 19.8 Å². The van der Waals surface area contributed by atoms with Gasteiger partial charge in [0.15, 0.2) is 0 Å². The number of amides is 1. The molecule has 0 radical (unpaired) electrons. The van der Waals surface area contributed by atoms with Gasteiger partial charge in [-0.2, -0.15) is 0 Å². The smallest absolute Gasteiger partial charge is 0.339 e. The Morgan fingerprint density at radius 1 is 0.872 bits per heavy atom. The molecule has 0 bridgehead atoms. The maximum atomic E-state index is 13.6. The summed E-state index contributed by atoms with van der Waals surface area (Å²) in [6, 6.07) is 25.2. The average molecular weight is 544 g/mol. The monoisotopic (exact) mass is 543 g/mol. The van der Waals surface area contributed by atoms with Crippen LogP contribution >= 0.6 is 11.6 Å². The molecule has 0 aliphatic carbocycles. The number of halogens is 1. The van der Waals surface area contributed by atoms with Crippen molar-refractivity contribution in [3.05, 3.63) is 123 Å². The normalized spacial score (nSPS) is 10.7. The number of carbonyl (C=O) groups is 2. The average Bonchev–Trinajstić information content (AvgIpc) is 2.93. The summed E-state index contributed by atoms with van der Waals surface area (Å²) in [6.07, 6.45) is 1.64. The highest BCUT2D eigenvalue weighted by molar-refractivity contribution is 6.31. The molecule has 0 fully saturated rings. The predicted molar refractivity (Wildman–Crippen MR) is 152 cm³/mol. The minimum atomic E-state index is -1.13. The van der Waals surface area contributed by atoms with Crippen molar-refractivity contribution >= 4 is 23.5 Å². The van der Waals surface area contributed by atoms with Gasteiger partial charge in [-0.05, 0) is 91.4 Å². The first kappa shape index (κ1) is 27.7. The number of aromatic hydroxyl groups is 1. The van der Waals surface area contributed by atoms with E-state index in [1.165, 1.54) is 17.7 Å². The topological polar surface area (TPSA) is 87.1 Å². The Bertz CT molecular complexity index is 1450. The molecule has 0 saturated heterocycles. The van der Waals surface area contributed by atoms with Crippen molar-refractivity contribution in [3.8, 4) is 17.2 Å². The zero-order valence-corrected chi connectivity index (χ0v) is 22.6. The van der Waals surface area contributed by atoms with E-state index < -0.39 is 5.97 Å². The van der Waals surface area contributed by atoms with Gasteiger partial charge in [0.25, 0.3) is 5.91 Å². The van der Waals surface area contributed by atoms with E-state index in [0.29, 0.717) is 40.6 Å². The lowest BCUT2D eigenvalue weighted by Gasteiger charge is -2.24. The third kappa shape index (κ3) is 7.18. The summed E-state index contributed by atoms with van der Waals surface area (Å²) in [5.74, 6) is -0.384. The number of phenols is 1. The van der Waals surface area contributed by atoms with Gasteiger partial charge in [-0.3, -0.25) is 4.79 Å². The molecule has 0 aromatic heterocycles. The molecular formula is C32H30ClNO5. The van der Waals surface area contributed by atoms with Crippen LogP contribution in [0.25, 0.3) is 0 Å². The number of hydrogen-bond donors (Lipinski definition) is 2. The Morgan fingerprint density at radius 2 is 1.54 bits per heavy atom. The molecule has 6 nitrogen and oxygen atoms in total. The Hall–Kier alpha value is -4.29. The number of carboxylic acid groups (broad SMARTS) is 1. The molecule has 2 N–H and O–H groups in total. The fraction of sp³-hybridized carbons (Fsp3) is 0.188. The zero-order chi connectivity index (χ0) is 27.9. The molecule has 4 aromatic carbocycles. The van der Waals surface area contributed by atoms with Gasteiger partial charge in [-0.15, -0.1) is 0 Å². The lowest BCUT2D eigenvalue weighted by molar-refractivity contribution is 0.0692. The standard InChI is InChI=1S/C32H30ClNO5/c1-21-17-25(18-22(2)30(21)35)31(36)34(16-6-9-23-7-4-3-5-8-23)20-24-10-13-27(14-11-24)39-29-15-12-26(33)19-28(29)32(37)38/h3-5,7-8,10-15,17-19,35H,6,9,16,20H2,1-2H3,(H,37,38). The van der Waals surface area contributed by atoms with E-state index in [2.05, 4.69) is 12.1 Å². The SMILES string of the molecule is Cc1cc(C(=O)N(CCCc2ccccc2)Cc2ccc(Oc3ccc(Cl)cc3C(=O)O)cc2)cc(C)c1O. The summed E-state index contributed by atoms with van der Waals surface area (Å²) in [4.78, 5) is 27.0. The highest BCUT2D eigenvalue weighted by Crippen LogP contribution is 2.29. The fourth-order valence-corrected chi connectivity index (χ4v) is 4.57. The predicted octanol–water partition coefficient (Wildman–Crippen LogP) is 7.43. The van der Waals surface area contributed by atoms with Crippen LogP contribution in [-0.4, -0.2) is 33.5 Å². The van der Waals surface area contributed by atoms with Gasteiger partial charge >= 0.3 is 5.97 Å². The van der Waals surface area contributed by atoms with Crippen LogP contribution in [0.1, 0.15) is 49.4 Å². The van der Waals surface area contributed by atoms with E-state index in [9.17, 15) is 19.8 Å². The van der Waals surface area contributed by atoms with E-state index in [1.807, 2.05) is 35.2 Å². The maximum absolute atomic E-state index is 13.6. The molecule has 1 amide bonds. The van der Waals surface area contributed by atoms with Crippen LogP contribution in [0.2, 0.25) is 5.02 Å². The first-order chi connectivity index (χ1) is 18.7. The summed E-state index contributed by atoms with van der Waals surface area (Å²) in [7, 11) is 0. The van der Waals surface area contributed by atoms with Crippen molar-refractivity contribution in [1.29, 1.82) is 0 Å². The van der Waals surface area contributed by atoms with Crippen molar-refractivity contribution < 1.29 is 24.5 Å². The Labute approximate surface area is 233 Å². The first-order valence-electron chi connectivity index (χ1n) is 12.6. The Kier molecular flexibility index (Phi) is 8.89. The van der Waals surface area contributed by atoms with Crippen molar-refractivity contribution in [1.82, 2.24) is 4.90 Å².